The van der Waals surface area contributed by atoms with Gasteiger partial charge in [-0.3, -0.25) is 19.3 Å². The van der Waals surface area contributed by atoms with E-state index in [0.717, 1.165) is 4.90 Å². The Morgan fingerprint density at radius 3 is 2.29 bits per heavy atom. The first-order valence-electron chi connectivity index (χ1n) is 5.29. The predicted octanol–water partition coefficient (Wildman–Crippen LogP) is -0.466. The molecule has 1 aliphatic heterocycles. The number of carbonyl (C=O) groups is 3. The maximum absolute atomic E-state index is 11.1. The fourth-order valence-electron chi connectivity index (χ4n) is 1.24. The van der Waals surface area contributed by atoms with Gasteiger partial charge in [-0.15, -0.1) is 0 Å². The zero-order valence-electron chi connectivity index (χ0n) is 9.68. The minimum atomic E-state index is -0.313. The van der Waals surface area contributed by atoms with Crippen LogP contribution in [-0.4, -0.2) is 55.5 Å². The first kappa shape index (κ1) is 13.5. The van der Waals surface area contributed by atoms with Crippen LogP contribution >= 0.6 is 0 Å². The third-order valence-electron chi connectivity index (χ3n) is 2.04. The highest BCUT2D eigenvalue weighted by Gasteiger charge is 2.22. The summed E-state index contributed by atoms with van der Waals surface area (Å²) in [5.74, 6) is -0.665. The molecule has 0 N–H and O–H groups in total. The van der Waals surface area contributed by atoms with Gasteiger partial charge in [-0.05, 0) is 6.92 Å². The summed E-state index contributed by atoms with van der Waals surface area (Å²) in [5, 5.41) is 0. The fraction of sp³-hybridized carbons (Fsp3) is 0.545. The largest absolute Gasteiger partial charge is 0.377 e. The summed E-state index contributed by atoms with van der Waals surface area (Å²) in [6, 6.07) is 0. The normalized spacial score (nSPS) is 14.8. The minimum absolute atomic E-state index is 0.0377. The van der Waals surface area contributed by atoms with Crippen LogP contribution < -0.4 is 0 Å². The lowest BCUT2D eigenvalue weighted by Crippen LogP contribution is -2.33. The number of ether oxygens (including phenoxy) is 2. The summed E-state index contributed by atoms with van der Waals surface area (Å²) < 4.78 is 10.1. The molecule has 0 aromatic carbocycles. The minimum Gasteiger partial charge on any atom is -0.377 e. The van der Waals surface area contributed by atoms with Crippen LogP contribution in [0.5, 0.6) is 0 Å². The second kappa shape index (κ2) is 6.93. The van der Waals surface area contributed by atoms with Crippen LogP contribution in [0.2, 0.25) is 0 Å². The number of hydrogen-bond acceptors (Lipinski definition) is 5. The van der Waals surface area contributed by atoms with Gasteiger partial charge in [0.05, 0.1) is 26.4 Å². The lowest BCUT2D eigenvalue weighted by Gasteiger charge is -2.13. The molecule has 0 spiro atoms. The van der Waals surface area contributed by atoms with E-state index in [0.29, 0.717) is 13.2 Å². The number of hydrogen-bond donors (Lipinski definition) is 0. The molecule has 1 heterocycles. The van der Waals surface area contributed by atoms with E-state index in [9.17, 15) is 14.4 Å². The van der Waals surface area contributed by atoms with E-state index >= 15 is 0 Å². The molecule has 0 aliphatic carbocycles. The summed E-state index contributed by atoms with van der Waals surface area (Å²) in [5.41, 5.74) is 0. The van der Waals surface area contributed by atoms with Crippen molar-refractivity contribution in [1.82, 2.24) is 4.90 Å². The molecule has 0 radical (unpaired) electrons. The Balaban J connectivity index is 1.99. The first-order valence-corrected chi connectivity index (χ1v) is 5.29. The van der Waals surface area contributed by atoms with Gasteiger partial charge in [-0.1, -0.05) is 0 Å². The van der Waals surface area contributed by atoms with Crippen LogP contribution in [0.1, 0.15) is 6.92 Å². The molecule has 0 saturated carbocycles. The van der Waals surface area contributed by atoms with Crippen LogP contribution in [0.4, 0.5) is 0 Å². The first-order chi connectivity index (χ1) is 8.11. The van der Waals surface area contributed by atoms with Gasteiger partial charge >= 0.3 is 0 Å². The smallest absolute Gasteiger partial charge is 0.253 e. The maximum Gasteiger partial charge on any atom is 0.253 e. The molecule has 0 unspecified atom stereocenters. The summed E-state index contributed by atoms with van der Waals surface area (Å²) >= 11 is 0. The number of Topliss-reactive ketones (excluding diaryl/α,β-unsaturated/α-hetero) is 1. The number of rotatable bonds is 8. The molecule has 6 nitrogen and oxygen atoms in total. The maximum atomic E-state index is 11.1. The molecular formula is C11H15NO5. The Bertz CT molecular complexity index is 319. The van der Waals surface area contributed by atoms with Crippen molar-refractivity contribution in [3.8, 4) is 0 Å². The third kappa shape index (κ3) is 4.88. The number of ketones is 1. The monoisotopic (exact) mass is 241 g/mol. The summed E-state index contributed by atoms with van der Waals surface area (Å²) in [4.78, 5) is 33.9. The van der Waals surface area contributed by atoms with Crippen molar-refractivity contribution >= 4 is 17.6 Å². The van der Waals surface area contributed by atoms with Crippen molar-refractivity contribution in [3.63, 3.8) is 0 Å². The van der Waals surface area contributed by atoms with Gasteiger partial charge in [0, 0.05) is 12.2 Å². The van der Waals surface area contributed by atoms with Crippen LogP contribution in [0, 0.1) is 0 Å². The van der Waals surface area contributed by atoms with E-state index in [1.165, 1.54) is 19.1 Å². The van der Waals surface area contributed by atoms with E-state index in [-0.39, 0.29) is 37.4 Å². The lowest BCUT2D eigenvalue weighted by atomic mass is 10.5. The molecule has 17 heavy (non-hydrogen) atoms. The van der Waals surface area contributed by atoms with Crippen molar-refractivity contribution in [1.29, 1.82) is 0 Å². The second-order valence-corrected chi connectivity index (χ2v) is 3.53. The number of amides is 2. The van der Waals surface area contributed by atoms with Crippen LogP contribution in [0.3, 0.4) is 0 Å². The molecule has 2 amide bonds. The van der Waals surface area contributed by atoms with Crippen molar-refractivity contribution < 1.29 is 23.9 Å². The molecular weight excluding hydrogens is 226 g/mol. The molecule has 0 fully saturated rings. The van der Waals surface area contributed by atoms with Gasteiger partial charge in [0.2, 0.25) is 0 Å². The zero-order valence-corrected chi connectivity index (χ0v) is 9.68. The van der Waals surface area contributed by atoms with E-state index in [4.69, 9.17) is 9.47 Å². The summed E-state index contributed by atoms with van der Waals surface area (Å²) in [7, 11) is 0. The van der Waals surface area contributed by atoms with Crippen molar-refractivity contribution in [2.75, 3.05) is 33.0 Å². The highest BCUT2D eigenvalue weighted by Crippen LogP contribution is 2.02. The van der Waals surface area contributed by atoms with E-state index in [1.807, 2.05) is 0 Å². The van der Waals surface area contributed by atoms with Gasteiger partial charge in [0.25, 0.3) is 11.8 Å². The molecule has 0 bridgehead atoms. The Morgan fingerprint density at radius 2 is 1.71 bits per heavy atom. The molecule has 6 heteroatoms. The van der Waals surface area contributed by atoms with Crippen LogP contribution in [-0.2, 0) is 23.9 Å². The predicted molar refractivity (Wildman–Crippen MR) is 58.2 cm³/mol. The van der Waals surface area contributed by atoms with E-state index < -0.39 is 0 Å². The average Bonchev–Trinajstić information content (AvgIpc) is 2.58. The molecule has 94 valence electrons. The Hall–Kier alpha value is -1.53. The van der Waals surface area contributed by atoms with Crippen molar-refractivity contribution in [2.45, 2.75) is 6.92 Å². The summed E-state index contributed by atoms with van der Waals surface area (Å²) in [6.45, 7) is 2.67. The highest BCUT2D eigenvalue weighted by molar-refractivity contribution is 6.12. The van der Waals surface area contributed by atoms with Crippen LogP contribution in [0.25, 0.3) is 0 Å². The molecule has 0 atom stereocenters. The number of carbonyl (C=O) groups excluding carboxylic acids is 3. The average molecular weight is 241 g/mol. The van der Waals surface area contributed by atoms with Gasteiger partial charge in [0.1, 0.15) is 6.61 Å². The number of nitrogens with zero attached hydrogens (tertiary/aromatic N) is 1. The number of imide groups is 1. The third-order valence-corrected chi connectivity index (χ3v) is 2.04. The van der Waals surface area contributed by atoms with Crippen LogP contribution in [0.15, 0.2) is 12.2 Å². The van der Waals surface area contributed by atoms with Crippen molar-refractivity contribution in [3.05, 3.63) is 12.2 Å². The molecule has 0 saturated heterocycles. The SMILES string of the molecule is CC(=O)COCCOCCN1C(=O)C=CC1=O. The van der Waals surface area contributed by atoms with Gasteiger partial charge in [-0.2, -0.15) is 0 Å². The topological polar surface area (TPSA) is 72.9 Å². The van der Waals surface area contributed by atoms with Crippen molar-refractivity contribution in [2.24, 2.45) is 0 Å². The Labute approximate surface area is 99.2 Å². The van der Waals surface area contributed by atoms with Gasteiger partial charge < -0.3 is 9.47 Å². The van der Waals surface area contributed by atoms with Gasteiger partial charge in [-0.25, -0.2) is 0 Å². The highest BCUT2D eigenvalue weighted by atomic mass is 16.5. The second-order valence-electron chi connectivity index (χ2n) is 3.53. The molecule has 1 rings (SSSR count). The Kier molecular flexibility index (Phi) is 5.51. The van der Waals surface area contributed by atoms with Gasteiger partial charge in [0.15, 0.2) is 5.78 Å². The molecule has 1 aliphatic rings. The van der Waals surface area contributed by atoms with E-state index in [1.54, 1.807) is 0 Å². The standard InChI is InChI=1S/C11H15NO5/c1-9(13)8-17-7-6-16-5-4-12-10(14)2-3-11(12)15/h2-3H,4-8H2,1H3. The quantitative estimate of drug-likeness (QED) is 0.424. The lowest BCUT2D eigenvalue weighted by molar-refractivity contribution is -0.137. The fourth-order valence-corrected chi connectivity index (χ4v) is 1.24. The summed E-state index contributed by atoms with van der Waals surface area (Å²) in [6.07, 6.45) is 2.47. The Morgan fingerprint density at radius 1 is 1.12 bits per heavy atom. The molecule has 0 aromatic heterocycles. The molecule has 0 aromatic rings. The van der Waals surface area contributed by atoms with E-state index in [2.05, 4.69) is 0 Å². The zero-order chi connectivity index (χ0) is 12.7.